The highest BCUT2D eigenvalue weighted by atomic mass is 32.2. The molecule has 2 aromatic rings. The van der Waals surface area contributed by atoms with Crippen LogP contribution in [0.5, 0.6) is 0 Å². The average molecular weight is 595 g/mol. The van der Waals surface area contributed by atoms with Crippen LogP contribution in [0, 0.1) is 0 Å². The molecule has 0 aliphatic heterocycles. The van der Waals surface area contributed by atoms with E-state index in [1.165, 1.54) is 32.0 Å². The van der Waals surface area contributed by atoms with Gasteiger partial charge in [-0.05, 0) is 56.0 Å². The lowest BCUT2D eigenvalue weighted by Gasteiger charge is -2.28. The van der Waals surface area contributed by atoms with Crippen LogP contribution in [0.1, 0.15) is 105 Å². The molecule has 0 aromatic heterocycles. The van der Waals surface area contributed by atoms with Gasteiger partial charge in [0.1, 0.15) is 0 Å². The van der Waals surface area contributed by atoms with Gasteiger partial charge in [0.2, 0.25) is 0 Å². The molecule has 0 bridgehead atoms. The first-order valence-corrected chi connectivity index (χ1v) is 17.3. The first kappa shape index (κ1) is 33.4. The van der Waals surface area contributed by atoms with Crippen molar-refractivity contribution in [2.24, 2.45) is 0 Å². The maximum Gasteiger partial charge on any atom is 0.0214 e. The predicted molar refractivity (Wildman–Crippen MR) is 181 cm³/mol. The zero-order valence-corrected chi connectivity index (χ0v) is 29.5. The summed E-state index contributed by atoms with van der Waals surface area (Å²) in [6.45, 7) is 27.5. The molecule has 0 fully saturated rings. The third-order valence-electron chi connectivity index (χ3n) is 6.47. The third-order valence-corrected chi connectivity index (χ3v) is 11.3. The molecule has 0 N–H and O–H groups in total. The zero-order chi connectivity index (χ0) is 28.4. The quantitative estimate of drug-likeness (QED) is 0.177. The highest BCUT2D eigenvalue weighted by molar-refractivity contribution is 8.04. The second kappa shape index (κ2) is 12.8. The van der Waals surface area contributed by atoms with Crippen LogP contribution in [0.15, 0.2) is 43.8 Å². The topological polar surface area (TPSA) is 0 Å². The standard InChI is InChI=1S/C32H50S5/c1-29(2,3)21-17-23(31(7,8)9)27(33)25(19-21)36-15-13-35-14-16-37-26-20-22(30(4,5)6)18-24(28(26)34)32(10,11)12/h17-20,33-34H,13-16H2,1-12H3. The van der Waals surface area contributed by atoms with E-state index in [0.29, 0.717) is 0 Å². The minimum atomic E-state index is 0.0859. The van der Waals surface area contributed by atoms with Crippen molar-refractivity contribution in [3.8, 4) is 0 Å². The molecule has 37 heavy (non-hydrogen) atoms. The Hall–Kier alpha value is 0.190. The molecular weight excluding hydrogens is 545 g/mol. The maximum atomic E-state index is 4.97. The maximum absolute atomic E-state index is 4.97. The Morgan fingerprint density at radius 3 is 1.08 bits per heavy atom. The largest absolute Gasteiger partial charge is 0.160 e. The van der Waals surface area contributed by atoms with Crippen LogP contribution in [0.4, 0.5) is 0 Å². The molecule has 0 spiro atoms. The molecule has 0 heterocycles. The third kappa shape index (κ3) is 9.66. The number of benzene rings is 2. The monoisotopic (exact) mass is 594 g/mol. The Balaban J connectivity index is 2.00. The molecular formula is C32H50S5. The van der Waals surface area contributed by atoms with Crippen molar-refractivity contribution in [2.75, 3.05) is 23.0 Å². The molecule has 0 unspecified atom stereocenters. The second-order valence-electron chi connectivity index (χ2n) is 14.1. The van der Waals surface area contributed by atoms with Crippen LogP contribution in [-0.2, 0) is 21.7 Å². The van der Waals surface area contributed by atoms with Crippen molar-refractivity contribution in [1.29, 1.82) is 0 Å². The lowest BCUT2D eigenvalue weighted by atomic mass is 9.80. The van der Waals surface area contributed by atoms with Gasteiger partial charge in [0, 0.05) is 42.6 Å². The Kier molecular flexibility index (Phi) is 11.5. The van der Waals surface area contributed by atoms with Gasteiger partial charge >= 0.3 is 0 Å². The van der Waals surface area contributed by atoms with Gasteiger partial charge in [0.15, 0.2) is 0 Å². The van der Waals surface area contributed by atoms with E-state index < -0.39 is 0 Å². The van der Waals surface area contributed by atoms with Crippen LogP contribution in [0.3, 0.4) is 0 Å². The van der Waals surface area contributed by atoms with E-state index in [1.54, 1.807) is 0 Å². The minimum absolute atomic E-state index is 0.0859. The molecule has 2 rings (SSSR count). The van der Waals surface area contributed by atoms with Gasteiger partial charge < -0.3 is 0 Å². The van der Waals surface area contributed by atoms with Gasteiger partial charge in [-0.1, -0.05) is 95.2 Å². The molecule has 0 saturated carbocycles. The van der Waals surface area contributed by atoms with E-state index in [-0.39, 0.29) is 21.7 Å². The van der Waals surface area contributed by atoms with Crippen LogP contribution >= 0.6 is 60.5 Å². The smallest absolute Gasteiger partial charge is 0.0214 e. The molecule has 0 amide bonds. The van der Waals surface area contributed by atoms with Crippen LogP contribution < -0.4 is 0 Å². The van der Waals surface area contributed by atoms with E-state index in [2.05, 4.69) is 119 Å². The van der Waals surface area contributed by atoms with Crippen LogP contribution in [0.25, 0.3) is 0 Å². The summed E-state index contributed by atoms with van der Waals surface area (Å²) in [5.74, 6) is 4.50. The van der Waals surface area contributed by atoms with E-state index in [0.717, 1.165) is 32.8 Å². The first-order valence-electron chi connectivity index (χ1n) is 13.3. The van der Waals surface area contributed by atoms with E-state index >= 15 is 0 Å². The number of thioether (sulfide) groups is 3. The fourth-order valence-corrected chi connectivity index (χ4v) is 8.45. The summed E-state index contributed by atoms with van der Waals surface area (Å²) >= 11 is 15.9. The summed E-state index contributed by atoms with van der Waals surface area (Å²) in [6, 6.07) is 9.47. The van der Waals surface area contributed by atoms with Gasteiger partial charge in [-0.15, -0.1) is 48.8 Å². The highest BCUT2D eigenvalue weighted by Gasteiger charge is 2.25. The molecule has 5 heteroatoms. The molecule has 0 atom stereocenters. The van der Waals surface area contributed by atoms with Gasteiger partial charge in [0.25, 0.3) is 0 Å². The summed E-state index contributed by atoms with van der Waals surface area (Å²) in [5, 5.41) is 0. The summed E-state index contributed by atoms with van der Waals surface area (Å²) < 4.78 is 0. The molecule has 208 valence electrons. The summed E-state index contributed by atoms with van der Waals surface area (Å²) in [6.07, 6.45) is 0. The van der Waals surface area contributed by atoms with Crippen molar-refractivity contribution >= 4 is 60.5 Å². The Morgan fingerprint density at radius 1 is 0.486 bits per heavy atom. The van der Waals surface area contributed by atoms with Crippen molar-refractivity contribution < 1.29 is 0 Å². The summed E-state index contributed by atoms with van der Waals surface area (Å²) in [4.78, 5) is 4.95. The average Bonchev–Trinajstić information content (AvgIpc) is 2.71. The Bertz CT molecular complexity index is 972. The van der Waals surface area contributed by atoms with Gasteiger partial charge in [0.05, 0.1) is 0 Å². The van der Waals surface area contributed by atoms with E-state index in [4.69, 9.17) is 25.3 Å². The number of thiol groups is 2. The van der Waals surface area contributed by atoms with Crippen molar-refractivity contribution in [1.82, 2.24) is 0 Å². The van der Waals surface area contributed by atoms with Gasteiger partial charge in [-0.3, -0.25) is 0 Å². The van der Waals surface area contributed by atoms with Crippen molar-refractivity contribution in [2.45, 2.75) is 124 Å². The van der Waals surface area contributed by atoms with Crippen LogP contribution in [0.2, 0.25) is 0 Å². The summed E-state index contributed by atoms with van der Waals surface area (Å²) in [5.41, 5.74) is 5.94. The Morgan fingerprint density at radius 2 is 0.811 bits per heavy atom. The molecule has 2 aromatic carbocycles. The highest BCUT2D eigenvalue weighted by Crippen LogP contribution is 2.41. The van der Waals surface area contributed by atoms with Crippen molar-refractivity contribution in [3.63, 3.8) is 0 Å². The first-order chi connectivity index (χ1) is 16.7. The lowest BCUT2D eigenvalue weighted by Crippen LogP contribution is -2.17. The molecule has 0 aliphatic rings. The molecule has 0 radical (unpaired) electrons. The molecule has 0 nitrogen and oxygen atoms in total. The number of hydrogen-bond donors (Lipinski definition) is 2. The van der Waals surface area contributed by atoms with Crippen molar-refractivity contribution in [3.05, 3.63) is 46.5 Å². The molecule has 0 aliphatic carbocycles. The normalized spacial score (nSPS) is 13.4. The summed E-state index contributed by atoms with van der Waals surface area (Å²) in [7, 11) is 0. The number of rotatable bonds is 8. The minimum Gasteiger partial charge on any atom is -0.160 e. The lowest BCUT2D eigenvalue weighted by molar-refractivity contribution is 0.554. The van der Waals surface area contributed by atoms with Crippen LogP contribution in [-0.4, -0.2) is 23.0 Å². The molecule has 0 saturated heterocycles. The fraction of sp³-hybridized carbons (Fsp3) is 0.625. The van der Waals surface area contributed by atoms with Gasteiger partial charge in [-0.25, -0.2) is 0 Å². The van der Waals surface area contributed by atoms with E-state index in [9.17, 15) is 0 Å². The van der Waals surface area contributed by atoms with E-state index in [1.807, 2.05) is 23.5 Å². The second-order valence-corrected chi connectivity index (χ2v) is 18.4. The Labute approximate surface area is 252 Å². The van der Waals surface area contributed by atoms with Gasteiger partial charge in [-0.2, -0.15) is 11.8 Å². The predicted octanol–water partition coefficient (Wildman–Crippen LogP) is 11.1. The zero-order valence-electron chi connectivity index (χ0n) is 25.3. The number of hydrogen-bond acceptors (Lipinski definition) is 5. The SMILES string of the molecule is CC(C)(C)c1cc(SCCSCCSc2cc(C(C)(C)C)cc(C(C)(C)C)c2S)c(S)c(C(C)(C)C)c1. The fourth-order valence-electron chi connectivity index (χ4n) is 3.97.